The van der Waals surface area contributed by atoms with Gasteiger partial charge in [-0.1, -0.05) is 6.92 Å². The molecule has 0 aromatic carbocycles. The van der Waals surface area contributed by atoms with Crippen LogP contribution in [0.2, 0.25) is 0 Å². The topological polar surface area (TPSA) is 87.6 Å². The summed E-state index contributed by atoms with van der Waals surface area (Å²) < 4.78 is 6.76. The maximum Gasteiger partial charge on any atom is 0.410 e. The second-order valence-corrected chi connectivity index (χ2v) is 6.65. The van der Waals surface area contributed by atoms with Crippen molar-refractivity contribution in [2.24, 2.45) is 0 Å². The third-order valence-electron chi connectivity index (χ3n) is 3.81. The van der Waals surface area contributed by atoms with Crippen molar-refractivity contribution in [1.82, 2.24) is 14.5 Å². The minimum absolute atomic E-state index is 0.0169. The predicted molar refractivity (Wildman–Crippen MR) is 82.2 cm³/mol. The standard InChI is InChI=1S/C15H25N3O4/c1-5-11-12(19)18(13(20)16-11)10-6-8-17(9-7-10)14(21)22-15(2,3)4/h10,19H,5-9H2,1-4H3,(H,16,20). The van der Waals surface area contributed by atoms with E-state index in [1.165, 1.54) is 4.57 Å². The molecule has 1 aromatic heterocycles. The van der Waals surface area contributed by atoms with Crippen molar-refractivity contribution < 1.29 is 14.6 Å². The molecule has 0 atom stereocenters. The minimum Gasteiger partial charge on any atom is -0.493 e. The summed E-state index contributed by atoms with van der Waals surface area (Å²) in [7, 11) is 0. The van der Waals surface area contributed by atoms with E-state index in [0.717, 1.165) is 0 Å². The van der Waals surface area contributed by atoms with E-state index < -0.39 is 5.60 Å². The summed E-state index contributed by atoms with van der Waals surface area (Å²) in [4.78, 5) is 28.3. The first kappa shape index (κ1) is 16.5. The Hall–Kier alpha value is -1.92. The largest absolute Gasteiger partial charge is 0.493 e. The number of aromatic amines is 1. The van der Waals surface area contributed by atoms with Gasteiger partial charge < -0.3 is 19.7 Å². The third-order valence-corrected chi connectivity index (χ3v) is 3.81. The van der Waals surface area contributed by atoms with Crippen LogP contribution in [0.15, 0.2) is 4.79 Å². The average molecular weight is 311 g/mol. The van der Waals surface area contributed by atoms with Gasteiger partial charge in [0.25, 0.3) is 0 Å². The quantitative estimate of drug-likeness (QED) is 0.874. The van der Waals surface area contributed by atoms with E-state index in [1.54, 1.807) is 4.90 Å². The Kier molecular flexibility index (Phi) is 4.53. The molecule has 1 aliphatic heterocycles. The maximum absolute atomic E-state index is 12.0. The number of imidazole rings is 1. The summed E-state index contributed by atoms with van der Waals surface area (Å²) in [6.07, 6.45) is 1.48. The molecule has 7 heteroatoms. The van der Waals surface area contributed by atoms with Crippen molar-refractivity contribution in [3.8, 4) is 5.88 Å². The van der Waals surface area contributed by atoms with Gasteiger partial charge in [0.2, 0.25) is 5.88 Å². The second kappa shape index (κ2) is 6.06. The number of nitrogens with one attached hydrogen (secondary N) is 1. The monoisotopic (exact) mass is 311 g/mol. The SMILES string of the molecule is CCc1[nH]c(=O)n(C2CCN(C(=O)OC(C)(C)C)CC2)c1O. The number of aromatic nitrogens is 2. The van der Waals surface area contributed by atoms with Crippen LogP contribution < -0.4 is 5.69 Å². The Morgan fingerprint density at radius 2 is 1.95 bits per heavy atom. The molecule has 1 fully saturated rings. The number of carbonyl (C=O) groups is 1. The fourth-order valence-corrected chi connectivity index (χ4v) is 2.71. The number of aromatic hydroxyl groups is 1. The zero-order chi connectivity index (χ0) is 16.5. The van der Waals surface area contributed by atoms with Crippen LogP contribution in [0.4, 0.5) is 4.79 Å². The van der Waals surface area contributed by atoms with Crippen LogP contribution >= 0.6 is 0 Å². The molecule has 0 unspecified atom stereocenters. The van der Waals surface area contributed by atoms with Gasteiger partial charge in [-0.05, 0) is 40.0 Å². The van der Waals surface area contributed by atoms with Crippen LogP contribution in [0.25, 0.3) is 0 Å². The van der Waals surface area contributed by atoms with Gasteiger partial charge in [-0.2, -0.15) is 0 Å². The molecule has 0 aliphatic carbocycles. The van der Waals surface area contributed by atoms with Gasteiger partial charge in [-0.3, -0.25) is 4.57 Å². The predicted octanol–water partition coefficient (Wildman–Crippen LogP) is 2.02. The first-order valence-electron chi connectivity index (χ1n) is 7.73. The van der Waals surface area contributed by atoms with Gasteiger partial charge in [0.1, 0.15) is 5.60 Å². The third kappa shape index (κ3) is 3.45. The first-order chi connectivity index (χ1) is 10.2. The lowest BCUT2D eigenvalue weighted by molar-refractivity contribution is 0.0186. The van der Waals surface area contributed by atoms with Gasteiger partial charge in [0.05, 0.1) is 5.69 Å². The summed E-state index contributed by atoms with van der Waals surface area (Å²) in [5, 5.41) is 10.1. The summed E-state index contributed by atoms with van der Waals surface area (Å²) in [6, 6.07) is -0.0947. The van der Waals surface area contributed by atoms with Gasteiger partial charge in [-0.25, -0.2) is 9.59 Å². The summed E-state index contributed by atoms with van der Waals surface area (Å²) in [5.74, 6) is 0.0169. The molecule has 22 heavy (non-hydrogen) atoms. The van der Waals surface area contributed by atoms with Crippen molar-refractivity contribution >= 4 is 6.09 Å². The van der Waals surface area contributed by atoms with E-state index in [0.29, 0.717) is 38.0 Å². The van der Waals surface area contributed by atoms with Crippen LogP contribution in [-0.4, -0.2) is 44.3 Å². The number of piperidine rings is 1. The van der Waals surface area contributed by atoms with Gasteiger partial charge in [-0.15, -0.1) is 0 Å². The molecular formula is C15H25N3O4. The lowest BCUT2D eigenvalue weighted by Gasteiger charge is -2.33. The molecule has 1 amide bonds. The van der Waals surface area contributed by atoms with Crippen molar-refractivity contribution in [1.29, 1.82) is 0 Å². The average Bonchev–Trinajstić information content (AvgIpc) is 2.71. The smallest absolute Gasteiger partial charge is 0.410 e. The van der Waals surface area contributed by atoms with E-state index >= 15 is 0 Å². The van der Waals surface area contributed by atoms with Gasteiger partial charge in [0.15, 0.2) is 0 Å². The molecule has 0 spiro atoms. The number of hydrogen-bond donors (Lipinski definition) is 2. The Bertz CT molecular complexity index is 589. The molecule has 0 bridgehead atoms. The molecule has 2 N–H and O–H groups in total. The molecule has 1 aromatic rings. The summed E-state index contributed by atoms with van der Waals surface area (Å²) in [6.45, 7) is 8.40. The molecule has 0 radical (unpaired) electrons. The number of likely N-dealkylation sites (tertiary alicyclic amines) is 1. The number of hydrogen-bond acceptors (Lipinski definition) is 4. The Balaban J connectivity index is 2.02. The molecular weight excluding hydrogens is 286 g/mol. The highest BCUT2D eigenvalue weighted by atomic mass is 16.6. The van der Waals surface area contributed by atoms with E-state index in [4.69, 9.17) is 4.74 Å². The number of nitrogens with zero attached hydrogens (tertiary/aromatic N) is 2. The number of ether oxygens (including phenoxy) is 1. The number of carbonyl (C=O) groups excluding carboxylic acids is 1. The number of H-pyrrole nitrogens is 1. The van der Waals surface area contributed by atoms with Crippen LogP contribution in [0, 0.1) is 0 Å². The van der Waals surface area contributed by atoms with Gasteiger partial charge >= 0.3 is 11.8 Å². The summed E-state index contributed by atoms with van der Waals surface area (Å²) in [5.41, 5.74) is -0.246. The van der Waals surface area contributed by atoms with E-state index in [-0.39, 0.29) is 23.7 Å². The maximum atomic E-state index is 12.0. The second-order valence-electron chi connectivity index (χ2n) is 6.65. The highest BCUT2D eigenvalue weighted by Crippen LogP contribution is 2.27. The lowest BCUT2D eigenvalue weighted by atomic mass is 10.1. The Labute approximate surface area is 129 Å². The van der Waals surface area contributed by atoms with E-state index in [1.807, 2.05) is 27.7 Å². The Morgan fingerprint density at radius 3 is 2.41 bits per heavy atom. The number of amides is 1. The molecule has 2 rings (SSSR count). The lowest BCUT2D eigenvalue weighted by Crippen LogP contribution is -2.43. The van der Waals surface area contributed by atoms with E-state index in [2.05, 4.69) is 4.98 Å². The van der Waals surface area contributed by atoms with E-state index in [9.17, 15) is 14.7 Å². The molecule has 1 aliphatic rings. The highest BCUT2D eigenvalue weighted by molar-refractivity contribution is 5.68. The van der Waals surface area contributed by atoms with Crippen LogP contribution in [-0.2, 0) is 11.2 Å². The van der Waals surface area contributed by atoms with Crippen molar-refractivity contribution in [3.63, 3.8) is 0 Å². The molecule has 124 valence electrons. The zero-order valence-corrected chi connectivity index (χ0v) is 13.7. The number of aryl methyl sites for hydroxylation is 1. The highest BCUT2D eigenvalue weighted by Gasteiger charge is 2.29. The minimum atomic E-state index is -0.514. The normalized spacial score (nSPS) is 16.8. The summed E-state index contributed by atoms with van der Waals surface area (Å²) >= 11 is 0. The molecule has 1 saturated heterocycles. The molecule has 2 heterocycles. The molecule has 0 saturated carbocycles. The Morgan fingerprint density at radius 1 is 1.36 bits per heavy atom. The first-order valence-corrected chi connectivity index (χ1v) is 7.73. The number of rotatable bonds is 2. The molecule has 7 nitrogen and oxygen atoms in total. The zero-order valence-electron chi connectivity index (χ0n) is 13.7. The van der Waals surface area contributed by atoms with Crippen molar-refractivity contribution in [2.75, 3.05) is 13.1 Å². The van der Waals surface area contributed by atoms with Crippen LogP contribution in [0.5, 0.6) is 5.88 Å². The fraction of sp³-hybridized carbons (Fsp3) is 0.733. The van der Waals surface area contributed by atoms with Crippen molar-refractivity contribution in [3.05, 3.63) is 16.2 Å². The fourth-order valence-electron chi connectivity index (χ4n) is 2.71. The van der Waals surface area contributed by atoms with Gasteiger partial charge in [0, 0.05) is 19.1 Å². The van der Waals surface area contributed by atoms with Crippen LogP contribution in [0.3, 0.4) is 0 Å². The van der Waals surface area contributed by atoms with Crippen molar-refractivity contribution in [2.45, 2.75) is 58.6 Å². The van der Waals surface area contributed by atoms with Crippen LogP contribution in [0.1, 0.15) is 52.3 Å².